The van der Waals surface area contributed by atoms with Crippen LogP contribution in [0.5, 0.6) is 17.2 Å². The molecular weight excluding hydrogens is 330 g/mol. The Bertz CT molecular complexity index is 887. The molecule has 6 nitrogen and oxygen atoms in total. The molecule has 0 amide bonds. The van der Waals surface area contributed by atoms with E-state index in [1.807, 2.05) is 43.3 Å². The van der Waals surface area contributed by atoms with Gasteiger partial charge in [0.1, 0.15) is 5.82 Å². The first-order valence-corrected chi connectivity index (χ1v) is 8.11. The van der Waals surface area contributed by atoms with Crippen molar-refractivity contribution in [2.45, 2.75) is 6.92 Å². The van der Waals surface area contributed by atoms with Gasteiger partial charge in [0.2, 0.25) is 5.75 Å². The van der Waals surface area contributed by atoms with E-state index < -0.39 is 0 Å². The van der Waals surface area contributed by atoms with Gasteiger partial charge in [0.25, 0.3) is 0 Å². The fourth-order valence-corrected chi connectivity index (χ4v) is 2.65. The molecule has 26 heavy (non-hydrogen) atoms. The molecule has 0 radical (unpaired) electrons. The van der Waals surface area contributed by atoms with E-state index >= 15 is 0 Å². The van der Waals surface area contributed by atoms with Crippen molar-refractivity contribution >= 4 is 11.5 Å². The average molecular weight is 351 g/mol. The molecule has 2 aromatic carbocycles. The predicted octanol–water partition coefficient (Wildman–Crippen LogP) is 4.22. The monoisotopic (exact) mass is 351 g/mol. The highest BCUT2D eigenvalue weighted by Gasteiger charge is 2.15. The number of methoxy groups -OCH3 is 3. The van der Waals surface area contributed by atoms with Gasteiger partial charge in [0.05, 0.1) is 39.4 Å². The quantitative estimate of drug-likeness (QED) is 0.717. The Labute approximate surface area is 152 Å². The van der Waals surface area contributed by atoms with Crippen LogP contribution in [-0.2, 0) is 0 Å². The second kappa shape index (κ2) is 7.74. The zero-order valence-corrected chi connectivity index (χ0v) is 15.2. The van der Waals surface area contributed by atoms with E-state index in [0.717, 1.165) is 16.8 Å². The van der Waals surface area contributed by atoms with Gasteiger partial charge in [-0.25, -0.2) is 4.98 Å². The number of ether oxygens (including phenoxy) is 3. The third kappa shape index (κ3) is 3.54. The molecule has 3 aromatic rings. The summed E-state index contributed by atoms with van der Waals surface area (Å²) in [5.41, 5.74) is 3.64. The van der Waals surface area contributed by atoms with Gasteiger partial charge in [-0.2, -0.15) is 0 Å². The normalized spacial score (nSPS) is 10.3. The molecule has 0 aliphatic carbocycles. The molecule has 0 fully saturated rings. The number of benzene rings is 2. The van der Waals surface area contributed by atoms with Crippen LogP contribution in [0.4, 0.5) is 11.5 Å². The number of hydrogen-bond acceptors (Lipinski definition) is 6. The van der Waals surface area contributed by atoms with Crippen LogP contribution < -0.4 is 19.5 Å². The fraction of sp³-hybridized carbons (Fsp3) is 0.200. The molecule has 0 unspecified atom stereocenters. The number of aromatic nitrogens is 2. The van der Waals surface area contributed by atoms with Gasteiger partial charge in [0.15, 0.2) is 11.5 Å². The Morgan fingerprint density at radius 1 is 0.885 bits per heavy atom. The molecular formula is C20H21N3O3. The van der Waals surface area contributed by atoms with Crippen LogP contribution >= 0.6 is 0 Å². The molecule has 1 N–H and O–H groups in total. The van der Waals surface area contributed by atoms with E-state index in [0.29, 0.717) is 28.8 Å². The van der Waals surface area contributed by atoms with Crippen molar-refractivity contribution < 1.29 is 14.2 Å². The number of hydrogen-bond donors (Lipinski definition) is 1. The zero-order chi connectivity index (χ0) is 18.5. The van der Waals surface area contributed by atoms with Crippen molar-refractivity contribution in [1.82, 2.24) is 9.97 Å². The average Bonchev–Trinajstić information content (AvgIpc) is 2.68. The topological polar surface area (TPSA) is 65.5 Å². The summed E-state index contributed by atoms with van der Waals surface area (Å²) in [6, 6.07) is 11.7. The Hall–Kier alpha value is -3.28. The van der Waals surface area contributed by atoms with Crippen LogP contribution in [0.2, 0.25) is 0 Å². The van der Waals surface area contributed by atoms with Crippen LogP contribution in [0.3, 0.4) is 0 Å². The zero-order valence-electron chi connectivity index (χ0n) is 15.2. The summed E-state index contributed by atoms with van der Waals surface area (Å²) >= 11 is 0. The van der Waals surface area contributed by atoms with E-state index in [1.165, 1.54) is 0 Å². The highest BCUT2D eigenvalue weighted by molar-refractivity contribution is 5.70. The first kappa shape index (κ1) is 17.5. The summed E-state index contributed by atoms with van der Waals surface area (Å²) < 4.78 is 16.2. The van der Waals surface area contributed by atoms with E-state index in [2.05, 4.69) is 15.3 Å². The lowest BCUT2D eigenvalue weighted by atomic mass is 10.1. The summed E-state index contributed by atoms with van der Waals surface area (Å²) in [7, 11) is 4.75. The summed E-state index contributed by atoms with van der Waals surface area (Å²) in [6.07, 6.45) is 3.39. The SMILES string of the molecule is COc1cc(-c2cncc(Nc3ccccc3C)n2)cc(OC)c1OC. The van der Waals surface area contributed by atoms with Gasteiger partial charge in [-0.15, -0.1) is 0 Å². The van der Waals surface area contributed by atoms with Gasteiger partial charge in [0, 0.05) is 11.3 Å². The fourth-order valence-electron chi connectivity index (χ4n) is 2.65. The van der Waals surface area contributed by atoms with Gasteiger partial charge >= 0.3 is 0 Å². The highest BCUT2D eigenvalue weighted by Crippen LogP contribution is 2.40. The summed E-state index contributed by atoms with van der Waals surface area (Å²) in [6.45, 7) is 2.04. The van der Waals surface area contributed by atoms with E-state index in [4.69, 9.17) is 14.2 Å². The number of para-hydroxylation sites is 1. The number of rotatable bonds is 6. The number of nitrogens with zero attached hydrogens (tertiary/aromatic N) is 2. The third-order valence-corrected chi connectivity index (χ3v) is 4.00. The minimum Gasteiger partial charge on any atom is -0.493 e. The van der Waals surface area contributed by atoms with Gasteiger partial charge in [-0.05, 0) is 30.7 Å². The minimum atomic E-state index is 0.542. The molecule has 0 bridgehead atoms. The maximum atomic E-state index is 5.41. The van der Waals surface area contributed by atoms with Crippen molar-refractivity contribution in [2.24, 2.45) is 0 Å². The van der Waals surface area contributed by atoms with Gasteiger partial charge in [-0.1, -0.05) is 18.2 Å². The molecule has 134 valence electrons. The molecule has 6 heteroatoms. The van der Waals surface area contributed by atoms with Gasteiger partial charge < -0.3 is 19.5 Å². The van der Waals surface area contributed by atoms with Crippen LogP contribution in [-0.4, -0.2) is 31.3 Å². The van der Waals surface area contributed by atoms with Crippen molar-refractivity contribution in [3.8, 4) is 28.5 Å². The van der Waals surface area contributed by atoms with E-state index in [-0.39, 0.29) is 0 Å². The molecule has 0 aliphatic heterocycles. The number of aryl methyl sites for hydroxylation is 1. The van der Waals surface area contributed by atoms with Crippen LogP contribution in [0.25, 0.3) is 11.3 Å². The predicted molar refractivity (Wildman–Crippen MR) is 102 cm³/mol. The third-order valence-electron chi connectivity index (χ3n) is 4.00. The maximum Gasteiger partial charge on any atom is 0.203 e. The Balaban J connectivity index is 1.99. The molecule has 0 saturated heterocycles. The first-order chi connectivity index (χ1) is 12.7. The van der Waals surface area contributed by atoms with Crippen LogP contribution in [0, 0.1) is 6.92 Å². The summed E-state index contributed by atoms with van der Waals surface area (Å²) in [5, 5.41) is 3.30. The lowest BCUT2D eigenvalue weighted by Crippen LogP contribution is -1.99. The minimum absolute atomic E-state index is 0.542. The lowest BCUT2D eigenvalue weighted by molar-refractivity contribution is 0.324. The molecule has 3 rings (SSSR count). The molecule has 0 atom stereocenters. The molecule has 0 aliphatic rings. The highest BCUT2D eigenvalue weighted by atomic mass is 16.5. The Kier molecular flexibility index (Phi) is 5.22. The summed E-state index contributed by atoms with van der Waals surface area (Å²) in [4.78, 5) is 8.96. The molecule has 1 aromatic heterocycles. The Morgan fingerprint density at radius 2 is 1.58 bits per heavy atom. The van der Waals surface area contributed by atoms with E-state index in [1.54, 1.807) is 33.7 Å². The van der Waals surface area contributed by atoms with Crippen molar-refractivity contribution in [1.29, 1.82) is 0 Å². The van der Waals surface area contributed by atoms with Crippen molar-refractivity contribution in [3.63, 3.8) is 0 Å². The number of nitrogens with one attached hydrogen (secondary N) is 1. The molecule has 1 heterocycles. The van der Waals surface area contributed by atoms with Gasteiger partial charge in [-0.3, -0.25) is 4.98 Å². The largest absolute Gasteiger partial charge is 0.493 e. The lowest BCUT2D eigenvalue weighted by Gasteiger charge is -2.14. The van der Waals surface area contributed by atoms with Crippen LogP contribution in [0.1, 0.15) is 5.56 Å². The standard InChI is InChI=1S/C20H21N3O3/c1-13-7-5-6-8-15(13)22-19-12-21-11-16(23-19)14-9-17(24-2)20(26-4)18(10-14)25-3/h5-12H,1-4H3,(H,22,23). The van der Waals surface area contributed by atoms with Crippen LogP contribution in [0.15, 0.2) is 48.8 Å². The smallest absolute Gasteiger partial charge is 0.203 e. The second-order valence-corrected chi connectivity index (χ2v) is 5.64. The second-order valence-electron chi connectivity index (χ2n) is 5.64. The molecule has 0 saturated carbocycles. The van der Waals surface area contributed by atoms with Crippen molar-refractivity contribution in [3.05, 3.63) is 54.4 Å². The summed E-state index contributed by atoms with van der Waals surface area (Å²) in [5.74, 6) is 2.34. The Morgan fingerprint density at radius 3 is 2.19 bits per heavy atom. The van der Waals surface area contributed by atoms with E-state index in [9.17, 15) is 0 Å². The van der Waals surface area contributed by atoms with Crippen molar-refractivity contribution in [2.75, 3.05) is 26.6 Å². The maximum absolute atomic E-state index is 5.41. The molecule has 0 spiro atoms. The number of anilines is 2. The first-order valence-electron chi connectivity index (χ1n) is 8.11.